The molecule has 0 saturated heterocycles. The Labute approximate surface area is 147 Å². The maximum absolute atomic E-state index is 13.6. The maximum atomic E-state index is 13.6. The van der Waals surface area contributed by atoms with Crippen molar-refractivity contribution in [1.82, 2.24) is 10.2 Å². The van der Waals surface area contributed by atoms with Crippen molar-refractivity contribution in [3.05, 3.63) is 66.0 Å². The molecule has 5 nitrogen and oxygen atoms in total. The summed E-state index contributed by atoms with van der Waals surface area (Å²) in [5.74, 6) is -0.741. The quantitative estimate of drug-likeness (QED) is 0.837. The summed E-state index contributed by atoms with van der Waals surface area (Å²) in [6.07, 6.45) is 0. The Balaban J connectivity index is 2.01. The number of hydrogen-bond acceptors (Lipinski definition) is 3. The van der Waals surface area contributed by atoms with E-state index in [9.17, 15) is 14.0 Å². The molecule has 2 rings (SSSR count). The fraction of sp³-hybridized carbons (Fsp3) is 0.263. The minimum Gasteiger partial charge on any atom is -0.353 e. The third-order valence-corrected chi connectivity index (χ3v) is 3.71. The van der Waals surface area contributed by atoms with E-state index >= 15 is 0 Å². The van der Waals surface area contributed by atoms with Crippen LogP contribution in [0.1, 0.15) is 5.56 Å². The van der Waals surface area contributed by atoms with Crippen LogP contribution in [-0.4, -0.2) is 43.9 Å². The Kier molecular flexibility index (Phi) is 6.51. The second kappa shape index (κ2) is 8.82. The normalized spacial score (nSPS) is 10.2. The number of halogens is 1. The van der Waals surface area contributed by atoms with Gasteiger partial charge in [-0.05, 0) is 18.2 Å². The van der Waals surface area contributed by atoms with Gasteiger partial charge < -0.3 is 15.1 Å². The Hall–Kier alpha value is -2.89. The molecule has 2 amide bonds. The molecule has 1 N–H and O–H groups in total. The molecule has 0 aliphatic carbocycles. The lowest BCUT2D eigenvalue weighted by molar-refractivity contribution is -0.127. The van der Waals surface area contributed by atoms with Crippen LogP contribution in [0.5, 0.6) is 0 Å². The van der Waals surface area contributed by atoms with Gasteiger partial charge in [0.2, 0.25) is 11.8 Å². The van der Waals surface area contributed by atoms with Crippen molar-refractivity contribution < 1.29 is 14.0 Å². The molecule has 0 saturated carbocycles. The lowest BCUT2D eigenvalue weighted by Crippen LogP contribution is -2.42. The standard InChI is InChI=1S/C19H22FN3O2/c1-22(2)19(25)14-23(16-9-4-3-5-10-16)13-18(24)21-12-15-8-6-7-11-17(15)20/h3-11H,12-14H2,1-2H3,(H,21,24). The Morgan fingerprint density at radius 1 is 0.960 bits per heavy atom. The van der Waals surface area contributed by atoms with Gasteiger partial charge in [-0.2, -0.15) is 0 Å². The van der Waals surface area contributed by atoms with E-state index in [-0.39, 0.29) is 37.3 Å². The second-order valence-electron chi connectivity index (χ2n) is 5.85. The molecule has 0 spiro atoms. The van der Waals surface area contributed by atoms with Gasteiger partial charge in [0.05, 0.1) is 13.1 Å². The number of nitrogens with zero attached hydrogens (tertiary/aromatic N) is 2. The smallest absolute Gasteiger partial charge is 0.241 e. The van der Waals surface area contributed by atoms with Crippen molar-refractivity contribution in [3.8, 4) is 0 Å². The van der Waals surface area contributed by atoms with Crippen LogP contribution >= 0.6 is 0 Å². The molecule has 0 aromatic heterocycles. The zero-order valence-electron chi connectivity index (χ0n) is 14.4. The lowest BCUT2D eigenvalue weighted by atomic mass is 10.2. The molecule has 6 heteroatoms. The van der Waals surface area contributed by atoms with Gasteiger partial charge >= 0.3 is 0 Å². The van der Waals surface area contributed by atoms with Gasteiger partial charge in [0, 0.05) is 31.9 Å². The van der Waals surface area contributed by atoms with Crippen LogP contribution in [-0.2, 0) is 16.1 Å². The molecule has 0 bridgehead atoms. The van der Waals surface area contributed by atoms with Gasteiger partial charge in [-0.3, -0.25) is 9.59 Å². The number of rotatable bonds is 7. The van der Waals surface area contributed by atoms with Crippen LogP contribution in [0.2, 0.25) is 0 Å². The van der Waals surface area contributed by atoms with E-state index in [0.29, 0.717) is 5.56 Å². The van der Waals surface area contributed by atoms with Gasteiger partial charge in [0.25, 0.3) is 0 Å². The van der Waals surface area contributed by atoms with Crippen molar-refractivity contribution >= 4 is 17.5 Å². The predicted molar refractivity (Wildman–Crippen MR) is 95.6 cm³/mol. The molecule has 0 atom stereocenters. The number of nitrogens with one attached hydrogen (secondary N) is 1. The summed E-state index contributed by atoms with van der Waals surface area (Å²) in [5.41, 5.74) is 1.20. The highest BCUT2D eigenvalue weighted by Gasteiger charge is 2.16. The number of amides is 2. The van der Waals surface area contributed by atoms with Crippen LogP contribution in [0.4, 0.5) is 10.1 Å². The number of hydrogen-bond donors (Lipinski definition) is 1. The van der Waals surface area contributed by atoms with Gasteiger partial charge in [0.1, 0.15) is 5.82 Å². The molecule has 25 heavy (non-hydrogen) atoms. The zero-order valence-corrected chi connectivity index (χ0v) is 14.4. The minimum absolute atomic E-state index is 0.0120. The van der Waals surface area contributed by atoms with Crippen LogP contribution in [0.15, 0.2) is 54.6 Å². The summed E-state index contributed by atoms with van der Waals surface area (Å²) in [7, 11) is 3.34. The van der Waals surface area contributed by atoms with Gasteiger partial charge in [-0.25, -0.2) is 4.39 Å². The van der Waals surface area contributed by atoms with E-state index in [1.54, 1.807) is 37.2 Å². The third-order valence-electron chi connectivity index (χ3n) is 3.71. The zero-order chi connectivity index (χ0) is 18.2. The Bertz CT molecular complexity index is 720. The van der Waals surface area contributed by atoms with Crippen molar-refractivity contribution in [2.24, 2.45) is 0 Å². The van der Waals surface area contributed by atoms with E-state index in [2.05, 4.69) is 5.32 Å². The van der Waals surface area contributed by atoms with Crippen molar-refractivity contribution in [2.45, 2.75) is 6.54 Å². The topological polar surface area (TPSA) is 52.7 Å². The fourth-order valence-electron chi connectivity index (χ4n) is 2.25. The highest BCUT2D eigenvalue weighted by atomic mass is 19.1. The SMILES string of the molecule is CN(C)C(=O)CN(CC(=O)NCc1ccccc1F)c1ccccc1. The molecule has 0 heterocycles. The first-order chi connectivity index (χ1) is 12.0. The fourth-order valence-corrected chi connectivity index (χ4v) is 2.25. The van der Waals surface area contributed by atoms with E-state index < -0.39 is 0 Å². The number of para-hydroxylation sites is 1. The van der Waals surface area contributed by atoms with Crippen molar-refractivity contribution in [3.63, 3.8) is 0 Å². The van der Waals surface area contributed by atoms with Gasteiger partial charge in [0.15, 0.2) is 0 Å². The molecular formula is C19H22FN3O2. The second-order valence-corrected chi connectivity index (χ2v) is 5.85. The number of carbonyl (C=O) groups excluding carboxylic acids is 2. The van der Waals surface area contributed by atoms with Crippen molar-refractivity contribution in [1.29, 1.82) is 0 Å². The lowest BCUT2D eigenvalue weighted by Gasteiger charge is -2.25. The molecule has 2 aromatic carbocycles. The average molecular weight is 343 g/mol. The number of likely N-dealkylation sites (N-methyl/N-ethyl adjacent to an activating group) is 1. The first-order valence-electron chi connectivity index (χ1n) is 7.97. The first-order valence-corrected chi connectivity index (χ1v) is 7.97. The highest BCUT2D eigenvalue weighted by molar-refractivity contribution is 5.86. The third kappa shape index (κ3) is 5.60. The monoisotopic (exact) mass is 343 g/mol. The van der Waals surface area contributed by atoms with Gasteiger partial charge in [-0.15, -0.1) is 0 Å². The van der Waals surface area contributed by atoms with E-state index in [0.717, 1.165) is 5.69 Å². The summed E-state index contributed by atoms with van der Waals surface area (Å²) in [5, 5.41) is 2.70. The van der Waals surface area contributed by atoms with E-state index in [1.165, 1.54) is 11.0 Å². The molecule has 0 fully saturated rings. The Morgan fingerprint density at radius 2 is 1.60 bits per heavy atom. The maximum Gasteiger partial charge on any atom is 0.241 e. The molecule has 0 aliphatic rings. The molecular weight excluding hydrogens is 321 g/mol. The molecule has 2 aromatic rings. The van der Waals surface area contributed by atoms with Crippen molar-refractivity contribution in [2.75, 3.05) is 32.1 Å². The summed E-state index contributed by atoms with van der Waals surface area (Å²) < 4.78 is 13.6. The van der Waals surface area contributed by atoms with Crippen LogP contribution in [0.25, 0.3) is 0 Å². The van der Waals surface area contributed by atoms with E-state index in [1.807, 2.05) is 30.3 Å². The minimum atomic E-state index is -0.356. The van der Waals surface area contributed by atoms with Crippen LogP contribution in [0.3, 0.4) is 0 Å². The number of carbonyl (C=O) groups is 2. The first kappa shape index (κ1) is 18.4. The molecule has 0 unspecified atom stereocenters. The predicted octanol–water partition coefficient (Wildman–Crippen LogP) is 2.04. The van der Waals surface area contributed by atoms with Gasteiger partial charge in [-0.1, -0.05) is 36.4 Å². The van der Waals surface area contributed by atoms with Crippen LogP contribution < -0.4 is 10.2 Å². The Morgan fingerprint density at radius 3 is 2.24 bits per heavy atom. The average Bonchev–Trinajstić information content (AvgIpc) is 2.61. The summed E-state index contributed by atoms with van der Waals surface area (Å²) in [6, 6.07) is 15.5. The number of anilines is 1. The molecule has 132 valence electrons. The highest BCUT2D eigenvalue weighted by Crippen LogP contribution is 2.13. The molecule has 0 aliphatic heterocycles. The van der Waals surface area contributed by atoms with Crippen LogP contribution in [0, 0.1) is 5.82 Å². The summed E-state index contributed by atoms with van der Waals surface area (Å²) >= 11 is 0. The summed E-state index contributed by atoms with van der Waals surface area (Å²) in [6.45, 7) is 0.206. The largest absolute Gasteiger partial charge is 0.353 e. The summed E-state index contributed by atoms with van der Waals surface area (Å²) in [4.78, 5) is 27.5. The molecule has 0 radical (unpaired) electrons. The number of benzene rings is 2. The van der Waals surface area contributed by atoms with E-state index in [4.69, 9.17) is 0 Å².